The van der Waals surface area contributed by atoms with Crippen LogP contribution in [0.1, 0.15) is 18.9 Å². The number of para-hydroxylation sites is 1. The molecule has 0 fully saturated rings. The number of carbonyl (C=O) groups excluding carboxylic acids is 2. The molecule has 17 heavy (non-hydrogen) atoms. The average Bonchev–Trinajstić information content (AvgIpc) is 2.52. The van der Waals surface area contributed by atoms with E-state index in [-0.39, 0.29) is 13.0 Å². The zero-order valence-corrected chi connectivity index (χ0v) is 9.40. The average molecular weight is 235 g/mol. The first kappa shape index (κ1) is 11.6. The zero-order valence-electron chi connectivity index (χ0n) is 9.40. The second kappa shape index (κ2) is 4.18. The highest BCUT2D eigenvalue weighted by Crippen LogP contribution is 2.38. The van der Waals surface area contributed by atoms with Gasteiger partial charge in [0.1, 0.15) is 0 Å². The van der Waals surface area contributed by atoms with E-state index in [9.17, 15) is 14.7 Å². The third kappa shape index (κ3) is 1.89. The Morgan fingerprint density at radius 1 is 1.47 bits per heavy atom. The molecular weight excluding hydrogens is 222 g/mol. The first-order chi connectivity index (χ1) is 8.08. The molecule has 5 heteroatoms. The number of amides is 1. The Balaban J connectivity index is 2.30. The summed E-state index contributed by atoms with van der Waals surface area (Å²) in [5.41, 5.74) is -0.870. The normalized spacial score (nSPS) is 21.9. The van der Waals surface area contributed by atoms with Crippen molar-refractivity contribution in [1.29, 1.82) is 0 Å². The molecule has 0 aliphatic carbocycles. The van der Waals surface area contributed by atoms with Gasteiger partial charge < -0.3 is 15.2 Å². The van der Waals surface area contributed by atoms with E-state index in [1.165, 1.54) is 0 Å². The van der Waals surface area contributed by atoms with Crippen molar-refractivity contribution < 1.29 is 19.4 Å². The topological polar surface area (TPSA) is 75.6 Å². The molecule has 2 N–H and O–H groups in total. The molecule has 1 aliphatic rings. The van der Waals surface area contributed by atoms with Crippen molar-refractivity contribution in [2.75, 3.05) is 11.9 Å². The van der Waals surface area contributed by atoms with Gasteiger partial charge in [0.15, 0.2) is 5.60 Å². The van der Waals surface area contributed by atoms with Gasteiger partial charge in [-0.05, 0) is 13.0 Å². The third-order valence-corrected chi connectivity index (χ3v) is 2.70. The zero-order chi connectivity index (χ0) is 12.5. The lowest BCUT2D eigenvalue weighted by Crippen LogP contribution is -2.37. The molecule has 1 aliphatic heterocycles. The predicted molar refractivity (Wildman–Crippen MR) is 60.2 cm³/mol. The van der Waals surface area contributed by atoms with Crippen LogP contribution in [0.2, 0.25) is 0 Å². The third-order valence-electron chi connectivity index (χ3n) is 2.70. The SMILES string of the molecule is CCOC(=O)C[C@@]1(O)C(=O)Nc2ccccc21. The number of ether oxygens (including phenoxy) is 1. The summed E-state index contributed by atoms with van der Waals surface area (Å²) >= 11 is 0. The van der Waals surface area contributed by atoms with Gasteiger partial charge in [-0.1, -0.05) is 18.2 Å². The Hall–Kier alpha value is -1.88. The van der Waals surface area contributed by atoms with Crippen LogP contribution in [0.25, 0.3) is 0 Å². The monoisotopic (exact) mass is 235 g/mol. The fourth-order valence-electron chi connectivity index (χ4n) is 1.90. The van der Waals surface area contributed by atoms with Gasteiger partial charge >= 0.3 is 5.97 Å². The Bertz CT molecular complexity index is 471. The van der Waals surface area contributed by atoms with Crippen LogP contribution < -0.4 is 5.32 Å². The van der Waals surface area contributed by atoms with E-state index < -0.39 is 17.5 Å². The highest BCUT2D eigenvalue weighted by atomic mass is 16.5. The van der Waals surface area contributed by atoms with Gasteiger partial charge in [0, 0.05) is 11.3 Å². The van der Waals surface area contributed by atoms with Crippen LogP contribution in [0.15, 0.2) is 24.3 Å². The number of rotatable bonds is 3. The van der Waals surface area contributed by atoms with Crippen LogP contribution in [-0.4, -0.2) is 23.6 Å². The number of carbonyl (C=O) groups is 2. The molecule has 1 aromatic carbocycles. The van der Waals surface area contributed by atoms with Crippen LogP contribution >= 0.6 is 0 Å². The van der Waals surface area contributed by atoms with Gasteiger partial charge in [-0.15, -0.1) is 0 Å². The molecule has 0 spiro atoms. The van der Waals surface area contributed by atoms with Crippen molar-refractivity contribution in [3.63, 3.8) is 0 Å². The summed E-state index contributed by atoms with van der Waals surface area (Å²) in [6.45, 7) is 1.89. The quantitative estimate of drug-likeness (QED) is 0.759. The number of hydrogen-bond acceptors (Lipinski definition) is 4. The molecule has 1 amide bonds. The van der Waals surface area contributed by atoms with E-state index in [0.717, 1.165) is 0 Å². The molecule has 0 bridgehead atoms. The van der Waals surface area contributed by atoms with E-state index in [1.807, 2.05) is 0 Å². The number of anilines is 1. The lowest BCUT2D eigenvalue weighted by atomic mass is 9.92. The molecule has 1 atom stereocenters. The summed E-state index contributed by atoms with van der Waals surface area (Å²) in [6.07, 6.45) is -0.371. The first-order valence-corrected chi connectivity index (χ1v) is 5.37. The number of benzene rings is 1. The number of aliphatic hydroxyl groups is 1. The van der Waals surface area contributed by atoms with Gasteiger partial charge in [0.2, 0.25) is 0 Å². The minimum Gasteiger partial charge on any atom is -0.466 e. The molecule has 0 saturated carbocycles. The summed E-state index contributed by atoms with van der Waals surface area (Å²) in [6, 6.07) is 6.74. The van der Waals surface area contributed by atoms with Crippen LogP contribution in [0.3, 0.4) is 0 Å². The summed E-state index contributed by atoms with van der Waals surface area (Å²) < 4.78 is 4.75. The van der Waals surface area contributed by atoms with Crippen LogP contribution in [-0.2, 0) is 19.9 Å². The van der Waals surface area contributed by atoms with Gasteiger partial charge in [0.25, 0.3) is 5.91 Å². The van der Waals surface area contributed by atoms with Gasteiger partial charge in [0.05, 0.1) is 13.0 Å². The summed E-state index contributed by atoms with van der Waals surface area (Å²) in [7, 11) is 0. The van der Waals surface area contributed by atoms with Crippen molar-refractivity contribution >= 4 is 17.6 Å². The Labute approximate surface area is 98.4 Å². The van der Waals surface area contributed by atoms with Crippen molar-refractivity contribution in [2.45, 2.75) is 18.9 Å². The second-order valence-corrected chi connectivity index (χ2v) is 3.84. The van der Waals surface area contributed by atoms with Crippen LogP contribution in [0.5, 0.6) is 0 Å². The number of esters is 1. The predicted octanol–water partition coefficient (Wildman–Crippen LogP) is 0.779. The smallest absolute Gasteiger partial charge is 0.309 e. The largest absolute Gasteiger partial charge is 0.466 e. The minimum atomic E-state index is -1.82. The maximum absolute atomic E-state index is 11.7. The van der Waals surface area contributed by atoms with Gasteiger partial charge in [-0.25, -0.2) is 0 Å². The molecule has 5 nitrogen and oxygen atoms in total. The molecule has 1 heterocycles. The van der Waals surface area contributed by atoms with Crippen LogP contribution in [0.4, 0.5) is 5.69 Å². The molecule has 90 valence electrons. The highest BCUT2D eigenvalue weighted by Gasteiger charge is 2.46. The number of hydrogen-bond donors (Lipinski definition) is 2. The number of fused-ring (bicyclic) bond motifs is 1. The second-order valence-electron chi connectivity index (χ2n) is 3.84. The van der Waals surface area contributed by atoms with Crippen molar-refractivity contribution in [1.82, 2.24) is 0 Å². The van der Waals surface area contributed by atoms with E-state index in [0.29, 0.717) is 11.3 Å². The first-order valence-electron chi connectivity index (χ1n) is 5.37. The lowest BCUT2D eigenvalue weighted by molar-refractivity contribution is -0.154. The van der Waals surface area contributed by atoms with E-state index >= 15 is 0 Å². The standard InChI is InChI=1S/C12H13NO4/c1-2-17-10(14)7-12(16)8-5-3-4-6-9(8)13-11(12)15/h3-6,16H,2,7H2,1H3,(H,13,15)/t12-/m0/s1. The molecule has 0 aromatic heterocycles. The van der Waals surface area contributed by atoms with Crippen LogP contribution in [0, 0.1) is 0 Å². The molecular formula is C12H13NO4. The molecule has 0 saturated heterocycles. The summed E-state index contributed by atoms with van der Waals surface area (Å²) in [5.74, 6) is -1.19. The van der Waals surface area contributed by atoms with Crippen molar-refractivity contribution in [3.05, 3.63) is 29.8 Å². The van der Waals surface area contributed by atoms with Crippen molar-refractivity contribution in [3.8, 4) is 0 Å². The molecule has 2 rings (SSSR count). The fraction of sp³-hybridized carbons (Fsp3) is 0.333. The molecule has 1 aromatic rings. The highest BCUT2D eigenvalue weighted by molar-refractivity contribution is 6.06. The fourth-order valence-corrected chi connectivity index (χ4v) is 1.90. The maximum Gasteiger partial charge on any atom is 0.309 e. The Kier molecular flexibility index (Phi) is 2.85. The minimum absolute atomic E-state index is 0.220. The Morgan fingerprint density at radius 2 is 2.18 bits per heavy atom. The van der Waals surface area contributed by atoms with E-state index in [1.54, 1.807) is 31.2 Å². The van der Waals surface area contributed by atoms with Crippen molar-refractivity contribution in [2.24, 2.45) is 0 Å². The summed E-state index contributed by atoms with van der Waals surface area (Å²) in [4.78, 5) is 23.1. The lowest BCUT2D eigenvalue weighted by Gasteiger charge is -2.19. The Morgan fingerprint density at radius 3 is 2.88 bits per heavy atom. The van der Waals surface area contributed by atoms with E-state index in [2.05, 4.69) is 5.32 Å². The van der Waals surface area contributed by atoms with E-state index in [4.69, 9.17) is 4.74 Å². The maximum atomic E-state index is 11.7. The van der Waals surface area contributed by atoms with Gasteiger partial charge in [-0.3, -0.25) is 9.59 Å². The summed E-state index contributed by atoms with van der Waals surface area (Å²) in [5, 5.41) is 12.8. The van der Waals surface area contributed by atoms with Gasteiger partial charge in [-0.2, -0.15) is 0 Å². The molecule has 0 unspecified atom stereocenters. The number of nitrogens with one attached hydrogen (secondary N) is 1. The molecule has 0 radical (unpaired) electrons.